The van der Waals surface area contributed by atoms with Crippen LogP contribution in [0.4, 0.5) is 10.6 Å². The second kappa shape index (κ2) is 8.36. The van der Waals surface area contributed by atoms with Crippen LogP contribution in [-0.2, 0) is 11.8 Å². The molecule has 152 valence electrons. The monoisotopic (exact) mass is 387 g/mol. The van der Waals surface area contributed by atoms with E-state index >= 15 is 0 Å². The molecule has 2 amide bonds. The molecule has 1 aliphatic heterocycles. The molecule has 3 heterocycles. The second-order valence-electron chi connectivity index (χ2n) is 7.65. The number of carbonyl (C=O) groups excluding carboxylic acids is 1. The van der Waals surface area contributed by atoms with Gasteiger partial charge in [-0.25, -0.2) is 4.79 Å². The highest BCUT2D eigenvalue weighted by atomic mass is 16.5. The van der Waals surface area contributed by atoms with Crippen LogP contribution in [-0.4, -0.2) is 53.6 Å². The van der Waals surface area contributed by atoms with Crippen LogP contribution in [0.5, 0.6) is 0 Å². The first-order valence-electron chi connectivity index (χ1n) is 10.1. The third-order valence-corrected chi connectivity index (χ3v) is 5.70. The summed E-state index contributed by atoms with van der Waals surface area (Å²) in [5, 5.41) is 10.5. The van der Waals surface area contributed by atoms with Crippen LogP contribution in [0.25, 0.3) is 0 Å². The number of carbonyl (C=O) groups is 1. The fraction of sp³-hybridized carbons (Fsp3) is 0.600. The van der Waals surface area contributed by atoms with E-state index in [0.717, 1.165) is 36.1 Å². The number of ether oxygens (including phenoxy) is 1. The van der Waals surface area contributed by atoms with Gasteiger partial charge in [-0.1, -0.05) is 6.42 Å². The fourth-order valence-corrected chi connectivity index (χ4v) is 3.79. The molecule has 2 fully saturated rings. The molecule has 8 heteroatoms. The van der Waals surface area contributed by atoms with E-state index in [-0.39, 0.29) is 12.1 Å². The smallest absolute Gasteiger partial charge is 0.320 e. The zero-order valence-corrected chi connectivity index (χ0v) is 16.6. The highest BCUT2D eigenvalue weighted by Gasteiger charge is 2.26. The molecular weight excluding hydrogens is 358 g/mol. The minimum atomic E-state index is -0.232. The van der Waals surface area contributed by atoms with Crippen LogP contribution in [0.2, 0.25) is 0 Å². The van der Waals surface area contributed by atoms with E-state index in [0.29, 0.717) is 25.7 Å². The van der Waals surface area contributed by atoms with Gasteiger partial charge < -0.3 is 14.5 Å². The van der Waals surface area contributed by atoms with E-state index < -0.39 is 0 Å². The maximum absolute atomic E-state index is 12.5. The third kappa shape index (κ3) is 4.23. The molecule has 8 nitrogen and oxygen atoms in total. The summed E-state index contributed by atoms with van der Waals surface area (Å²) in [6.45, 7) is 5.43. The molecule has 1 saturated carbocycles. The van der Waals surface area contributed by atoms with Gasteiger partial charge in [0, 0.05) is 38.7 Å². The van der Waals surface area contributed by atoms with Crippen molar-refractivity contribution >= 4 is 11.8 Å². The summed E-state index contributed by atoms with van der Waals surface area (Å²) >= 11 is 0. The van der Waals surface area contributed by atoms with Crippen molar-refractivity contribution in [3.63, 3.8) is 0 Å². The van der Waals surface area contributed by atoms with Crippen LogP contribution in [0.1, 0.15) is 48.4 Å². The van der Waals surface area contributed by atoms with Gasteiger partial charge in [0.2, 0.25) is 0 Å². The van der Waals surface area contributed by atoms with E-state index in [4.69, 9.17) is 9.15 Å². The largest absolute Gasteiger partial charge is 0.465 e. The lowest BCUT2D eigenvalue weighted by Gasteiger charge is -2.33. The van der Waals surface area contributed by atoms with Gasteiger partial charge in [0.1, 0.15) is 17.3 Å². The molecule has 0 bridgehead atoms. The maximum atomic E-state index is 12.5. The Balaban J connectivity index is 1.37. The van der Waals surface area contributed by atoms with Gasteiger partial charge in [0.05, 0.1) is 24.9 Å². The van der Waals surface area contributed by atoms with Crippen molar-refractivity contribution in [3.05, 3.63) is 35.4 Å². The predicted octanol–water partition coefficient (Wildman–Crippen LogP) is 2.78. The number of aromatic nitrogens is 2. The summed E-state index contributed by atoms with van der Waals surface area (Å²) in [7, 11) is 1.86. The van der Waals surface area contributed by atoms with Gasteiger partial charge >= 0.3 is 6.03 Å². The Hall–Kier alpha value is -2.32. The van der Waals surface area contributed by atoms with Gasteiger partial charge in [-0.3, -0.25) is 14.9 Å². The topological polar surface area (TPSA) is 84.6 Å². The van der Waals surface area contributed by atoms with Gasteiger partial charge in [0.15, 0.2) is 0 Å². The van der Waals surface area contributed by atoms with E-state index in [1.54, 1.807) is 4.68 Å². The molecule has 2 aromatic rings. The highest BCUT2D eigenvalue weighted by Crippen LogP contribution is 2.36. The Morgan fingerprint density at radius 3 is 2.75 bits per heavy atom. The predicted molar refractivity (Wildman–Crippen MR) is 105 cm³/mol. The average molecular weight is 387 g/mol. The Morgan fingerprint density at radius 2 is 2.11 bits per heavy atom. The van der Waals surface area contributed by atoms with Crippen molar-refractivity contribution in [2.24, 2.45) is 7.05 Å². The molecule has 0 aromatic carbocycles. The summed E-state index contributed by atoms with van der Waals surface area (Å²) in [5.74, 6) is 3.00. The molecule has 28 heavy (non-hydrogen) atoms. The number of anilines is 1. The summed E-state index contributed by atoms with van der Waals surface area (Å²) in [6, 6.07) is 5.69. The first-order valence-corrected chi connectivity index (χ1v) is 10.1. The zero-order valence-electron chi connectivity index (χ0n) is 16.6. The summed E-state index contributed by atoms with van der Waals surface area (Å²) in [6.07, 6.45) is 3.64. The van der Waals surface area contributed by atoms with Crippen LogP contribution in [0.15, 0.2) is 22.6 Å². The Bertz CT molecular complexity index is 805. The van der Waals surface area contributed by atoms with E-state index in [1.807, 2.05) is 32.2 Å². The van der Waals surface area contributed by atoms with Crippen LogP contribution >= 0.6 is 0 Å². The molecule has 2 aromatic heterocycles. The van der Waals surface area contributed by atoms with Gasteiger partial charge in [-0.05, 0) is 31.9 Å². The number of urea groups is 1. The molecule has 0 radical (unpaired) electrons. The van der Waals surface area contributed by atoms with Crippen molar-refractivity contribution in [2.45, 2.75) is 38.1 Å². The lowest BCUT2D eigenvalue weighted by Crippen LogP contribution is -2.44. The fourth-order valence-electron chi connectivity index (χ4n) is 3.79. The van der Waals surface area contributed by atoms with E-state index in [9.17, 15) is 4.79 Å². The van der Waals surface area contributed by atoms with Crippen LogP contribution in [0.3, 0.4) is 0 Å². The number of hydrogen-bond donors (Lipinski definition) is 2. The lowest BCUT2D eigenvalue weighted by atomic mass is 9.83. The van der Waals surface area contributed by atoms with E-state index in [2.05, 4.69) is 20.6 Å². The zero-order chi connectivity index (χ0) is 19.5. The number of nitrogens with zero attached hydrogens (tertiary/aromatic N) is 3. The summed E-state index contributed by atoms with van der Waals surface area (Å²) in [4.78, 5) is 14.8. The number of hydrogen-bond acceptors (Lipinski definition) is 5. The number of furan rings is 1. The maximum Gasteiger partial charge on any atom is 0.320 e. The van der Waals surface area contributed by atoms with Crippen molar-refractivity contribution < 1.29 is 13.9 Å². The normalized spacial score (nSPS) is 19.2. The quantitative estimate of drug-likeness (QED) is 0.796. The lowest BCUT2D eigenvalue weighted by molar-refractivity contribution is 0.0122. The number of morpholine rings is 1. The highest BCUT2D eigenvalue weighted by molar-refractivity contribution is 5.88. The van der Waals surface area contributed by atoms with Crippen molar-refractivity contribution in [1.82, 2.24) is 20.0 Å². The molecule has 0 spiro atoms. The Morgan fingerprint density at radius 1 is 1.32 bits per heavy atom. The average Bonchev–Trinajstić information content (AvgIpc) is 3.21. The first-order chi connectivity index (χ1) is 13.6. The van der Waals surface area contributed by atoms with Crippen molar-refractivity contribution in [2.75, 3.05) is 38.2 Å². The Labute approximate surface area is 165 Å². The molecule has 2 aliphatic rings. The van der Waals surface area contributed by atoms with Crippen LogP contribution < -0.4 is 10.6 Å². The van der Waals surface area contributed by atoms with Crippen molar-refractivity contribution in [1.29, 1.82) is 0 Å². The van der Waals surface area contributed by atoms with Crippen molar-refractivity contribution in [3.8, 4) is 0 Å². The third-order valence-electron chi connectivity index (χ3n) is 5.70. The minimum absolute atomic E-state index is 0.0135. The van der Waals surface area contributed by atoms with Crippen LogP contribution in [0, 0.1) is 6.92 Å². The molecule has 1 saturated heterocycles. The summed E-state index contributed by atoms with van der Waals surface area (Å²) < 4.78 is 13.0. The molecule has 1 aliphatic carbocycles. The summed E-state index contributed by atoms with van der Waals surface area (Å²) in [5.41, 5.74) is 1.07. The van der Waals surface area contributed by atoms with Gasteiger partial charge in [-0.2, -0.15) is 5.10 Å². The second-order valence-corrected chi connectivity index (χ2v) is 7.65. The number of aryl methyl sites for hydroxylation is 2. The number of rotatable bonds is 6. The SMILES string of the molecule is Cc1ccc(C(CNC(=O)Nc2cc(C3CCC3)nn2C)N2CCOCC2)o1. The molecule has 1 atom stereocenters. The number of nitrogens with one attached hydrogen (secondary N) is 2. The molecule has 1 unspecified atom stereocenters. The van der Waals surface area contributed by atoms with Gasteiger partial charge in [0.25, 0.3) is 0 Å². The first kappa shape index (κ1) is 19.0. The van der Waals surface area contributed by atoms with E-state index in [1.165, 1.54) is 19.3 Å². The van der Waals surface area contributed by atoms with Gasteiger partial charge in [-0.15, -0.1) is 0 Å². The molecular formula is C20H29N5O3. The Kier molecular flexibility index (Phi) is 5.68. The molecule has 4 rings (SSSR count). The molecule has 2 N–H and O–H groups in total. The minimum Gasteiger partial charge on any atom is -0.465 e. The standard InChI is InChI=1S/C20H29N5O3/c1-14-6-7-18(28-14)17(25-8-10-27-11-9-25)13-21-20(26)22-19-12-16(23-24(19)2)15-4-3-5-15/h6-7,12,15,17H,3-5,8-11,13H2,1-2H3,(H2,21,22,26). The number of amides is 2.